The van der Waals surface area contributed by atoms with Gasteiger partial charge < -0.3 is 9.47 Å². The molecular weight excluding hydrogens is 260 g/mol. The quantitative estimate of drug-likeness (QED) is 0.767. The molecule has 0 saturated carbocycles. The summed E-state index contributed by atoms with van der Waals surface area (Å²) in [5.41, 5.74) is 0. The minimum atomic E-state index is -3.81. The van der Waals surface area contributed by atoms with Crippen LogP contribution in [-0.2, 0) is 9.05 Å². The monoisotopic (exact) mass is 266 g/mol. The van der Waals surface area contributed by atoms with Gasteiger partial charge in [-0.2, -0.15) is 0 Å². The Kier molecular flexibility index (Phi) is 2.74. The second-order valence-electron chi connectivity index (χ2n) is 2.79. The molecule has 7 heteroatoms. The molecule has 0 aliphatic carbocycles. The lowest BCUT2D eigenvalue weighted by Crippen LogP contribution is -1.96. The molecule has 4 nitrogen and oxygen atoms in total. The van der Waals surface area contributed by atoms with Crippen molar-refractivity contribution in [1.82, 2.24) is 0 Å². The van der Waals surface area contributed by atoms with E-state index >= 15 is 0 Å². The van der Waals surface area contributed by atoms with Crippen LogP contribution in [0.4, 0.5) is 0 Å². The lowest BCUT2D eigenvalue weighted by Gasteiger charge is -2.07. The van der Waals surface area contributed by atoms with Gasteiger partial charge in [-0.05, 0) is 6.07 Å². The van der Waals surface area contributed by atoms with Crippen LogP contribution in [0.3, 0.4) is 0 Å². The second-order valence-corrected chi connectivity index (χ2v) is 6.29. The van der Waals surface area contributed by atoms with Crippen molar-refractivity contribution >= 4 is 31.5 Å². The van der Waals surface area contributed by atoms with Gasteiger partial charge >= 0.3 is 0 Å². The van der Waals surface area contributed by atoms with E-state index in [0.717, 1.165) is 4.90 Å². The minimum absolute atomic E-state index is 0.0621. The van der Waals surface area contributed by atoms with E-state index in [9.17, 15) is 8.42 Å². The van der Waals surface area contributed by atoms with Gasteiger partial charge in [0.1, 0.15) is 22.3 Å². The van der Waals surface area contributed by atoms with Gasteiger partial charge in [0.2, 0.25) is 0 Å². The van der Waals surface area contributed by atoms with Crippen LogP contribution in [0.1, 0.15) is 0 Å². The SMILES string of the molecule is COc1cc2c(cc1S(=O)(=O)Cl)OCS2. The van der Waals surface area contributed by atoms with Crippen LogP contribution in [0.15, 0.2) is 21.9 Å². The normalized spacial score (nSPS) is 14.5. The number of ether oxygens (including phenoxy) is 2. The average Bonchev–Trinajstić information content (AvgIpc) is 2.60. The Bertz CT molecular complexity index is 498. The minimum Gasteiger partial charge on any atom is -0.495 e. The number of benzene rings is 1. The highest BCUT2D eigenvalue weighted by atomic mass is 35.7. The molecule has 0 aromatic heterocycles. The van der Waals surface area contributed by atoms with Crippen molar-refractivity contribution in [2.75, 3.05) is 13.0 Å². The third kappa shape index (κ3) is 2.02. The summed E-state index contributed by atoms with van der Waals surface area (Å²) in [7, 11) is 2.86. The lowest BCUT2D eigenvalue weighted by molar-refractivity contribution is 0.383. The highest BCUT2D eigenvalue weighted by Gasteiger charge is 2.23. The van der Waals surface area contributed by atoms with Crippen LogP contribution in [0.5, 0.6) is 11.5 Å². The fourth-order valence-corrected chi connectivity index (χ4v) is 3.01. The molecule has 2 rings (SSSR count). The van der Waals surface area contributed by atoms with E-state index in [1.54, 1.807) is 6.07 Å². The number of methoxy groups -OCH3 is 1. The first kappa shape index (κ1) is 10.9. The summed E-state index contributed by atoms with van der Waals surface area (Å²) in [6.07, 6.45) is 0. The molecule has 1 aromatic carbocycles. The summed E-state index contributed by atoms with van der Waals surface area (Å²) in [4.78, 5) is 0.795. The maximum absolute atomic E-state index is 11.2. The van der Waals surface area contributed by atoms with E-state index < -0.39 is 9.05 Å². The van der Waals surface area contributed by atoms with Crippen LogP contribution < -0.4 is 9.47 Å². The Morgan fingerprint density at radius 2 is 2.27 bits per heavy atom. The van der Waals surface area contributed by atoms with Crippen molar-refractivity contribution in [3.63, 3.8) is 0 Å². The molecule has 0 N–H and O–H groups in total. The maximum Gasteiger partial charge on any atom is 0.265 e. The summed E-state index contributed by atoms with van der Waals surface area (Å²) in [5, 5.41) is 0. The summed E-state index contributed by atoms with van der Waals surface area (Å²) in [6, 6.07) is 3.00. The lowest BCUT2D eigenvalue weighted by atomic mass is 10.3. The van der Waals surface area contributed by atoms with E-state index in [1.807, 2.05) is 0 Å². The van der Waals surface area contributed by atoms with Crippen molar-refractivity contribution in [1.29, 1.82) is 0 Å². The van der Waals surface area contributed by atoms with Gasteiger partial charge in [-0.15, -0.1) is 0 Å². The van der Waals surface area contributed by atoms with E-state index in [4.69, 9.17) is 20.2 Å². The highest BCUT2D eigenvalue weighted by Crippen LogP contribution is 2.42. The molecule has 0 unspecified atom stereocenters. The zero-order valence-electron chi connectivity index (χ0n) is 7.69. The predicted molar refractivity (Wildman–Crippen MR) is 57.4 cm³/mol. The van der Waals surface area contributed by atoms with Crippen LogP contribution >= 0.6 is 22.4 Å². The summed E-state index contributed by atoms with van der Waals surface area (Å²) >= 11 is 1.48. The third-order valence-corrected chi connectivity index (χ3v) is 4.13. The van der Waals surface area contributed by atoms with E-state index in [-0.39, 0.29) is 10.6 Å². The Hall–Kier alpha value is -0.590. The number of fused-ring (bicyclic) bond motifs is 1. The first-order valence-electron chi connectivity index (χ1n) is 3.94. The molecule has 15 heavy (non-hydrogen) atoms. The molecular formula is C8H7ClO4S2. The average molecular weight is 267 g/mol. The number of rotatable bonds is 2. The third-order valence-electron chi connectivity index (χ3n) is 1.92. The Morgan fingerprint density at radius 1 is 1.53 bits per heavy atom. The maximum atomic E-state index is 11.2. The fourth-order valence-electron chi connectivity index (χ4n) is 1.25. The van der Waals surface area contributed by atoms with E-state index in [0.29, 0.717) is 11.7 Å². The van der Waals surface area contributed by atoms with Crippen molar-refractivity contribution in [3.8, 4) is 11.5 Å². The molecule has 1 aromatic rings. The van der Waals surface area contributed by atoms with Crippen LogP contribution in [-0.4, -0.2) is 21.5 Å². The molecule has 1 aliphatic rings. The topological polar surface area (TPSA) is 52.6 Å². The first-order valence-corrected chi connectivity index (χ1v) is 7.24. The molecule has 1 aliphatic heterocycles. The first-order chi connectivity index (χ1) is 7.02. The largest absolute Gasteiger partial charge is 0.495 e. The molecule has 82 valence electrons. The van der Waals surface area contributed by atoms with Crippen LogP contribution in [0, 0.1) is 0 Å². The predicted octanol–water partition coefficient (Wildman–Crippen LogP) is 2.06. The molecule has 0 radical (unpaired) electrons. The second kappa shape index (κ2) is 3.77. The van der Waals surface area contributed by atoms with Gasteiger partial charge in [0.05, 0.1) is 12.0 Å². The molecule has 0 amide bonds. The van der Waals surface area contributed by atoms with Crippen molar-refractivity contribution in [2.45, 2.75) is 9.79 Å². The number of hydrogen-bond donors (Lipinski definition) is 0. The molecule has 0 spiro atoms. The Morgan fingerprint density at radius 3 is 2.87 bits per heavy atom. The molecule has 0 saturated heterocycles. The van der Waals surface area contributed by atoms with Crippen molar-refractivity contribution in [2.24, 2.45) is 0 Å². The van der Waals surface area contributed by atoms with Gasteiger partial charge in [0.15, 0.2) is 0 Å². The summed E-state index contributed by atoms with van der Waals surface area (Å²) in [6.45, 7) is 0. The number of halogens is 1. The van der Waals surface area contributed by atoms with Gasteiger partial charge in [-0.3, -0.25) is 0 Å². The van der Waals surface area contributed by atoms with Gasteiger partial charge in [0, 0.05) is 16.7 Å². The Labute approximate surface area is 95.9 Å². The number of hydrogen-bond acceptors (Lipinski definition) is 5. The molecule has 0 atom stereocenters. The fraction of sp³-hybridized carbons (Fsp3) is 0.250. The van der Waals surface area contributed by atoms with Crippen molar-refractivity contribution in [3.05, 3.63) is 12.1 Å². The zero-order valence-corrected chi connectivity index (χ0v) is 10.1. The van der Waals surface area contributed by atoms with E-state index in [1.165, 1.54) is 24.9 Å². The molecule has 1 heterocycles. The van der Waals surface area contributed by atoms with Gasteiger partial charge in [0.25, 0.3) is 9.05 Å². The Balaban J connectivity index is 2.64. The van der Waals surface area contributed by atoms with Crippen LogP contribution in [0.25, 0.3) is 0 Å². The molecule has 0 bridgehead atoms. The summed E-state index contributed by atoms with van der Waals surface area (Å²) < 4.78 is 32.7. The van der Waals surface area contributed by atoms with Gasteiger partial charge in [-0.25, -0.2) is 8.42 Å². The standard InChI is InChI=1S/C8H7ClO4S2/c1-12-6-2-7-5(13-4-14-7)3-8(6)15(9,10)11/h2-3H,4H2,1H3. The zero-order chi connectivity index (χ0) is 11.1. The highest BCUT2D eigenvalue weighted by molar-refractivity contribution is 8.13. The van der Waals surface area contributed by atoms with Crippen molar-refractivity contribution < 1.29 is 17.9 Å². The smallest absolute Gasteiger partial charge is 0.265 e. The summed E-state index contributed by atoms with van der Waals surface area (Å²) in [5.74, 6) is 1.24. The van der Waals surface area contributed by atoms with Crippen LogP contribution in [0.2, 0.25) is 0 Å². The van der Waals surface area contributed by atoms with Gasteiger partial charge in [-0.1, -0.05) is 11.8 Å². The van der Waals surface area contributed by atoms with E-state index in [2.05, 4.69) is 0 Å². The molecule has 0 fully saturated rings. The number of thioether (sulfide) groups is 1.